The number of rotatable bonds is 5. The van der Waals surface area contributed by atoms with E-state index in [4.69, 9.17) is 0 Å². The quantitative estimate of drug-likeness (QED) is 0.544. The van der Waals surface area contributed by atoms with E-state index in [1.165, 1.54) is 24.4 Å². The molecule has 2 amide bonds. The fourth-order valence-corrected chi connectivity index (χ4v) is 3.60. The molecular weight excluding hydrogens is 421 g/mol. The number of azo groups is 1. The predicted octanol–water partition coefficient (Wildman–Crippen LogP) is 3.58. The maximum atomic E-state index is 12.8. The van der Waals surface area contributed by atoms with Crippen LogP contribution in [0, 0.1) is 0 Å². The van der Waals surface area contributed by atoms with Gasteiger partial charge in [-0.3, -0.25) is 14.4 Å². The lowest BCUT2D eigenvalue weighted by Crippen LogP contribution is -2.28. The number of hydrogen-bond donors (Lipinski definition) is 2. The summed E-state index contributed by atoms with van der Waals surface area (Å²) in [6.07, 6.45) is 2.72. The molecule has 2 aliphatic rings. The summed E-state index contributed by atoms with van der Waals surface area (Å²) in [7, 11) is 0. The van der Waals surface area contributed by atoms with Gasteiger partial charge < -0.3 is 10.6 Å². The molecule has 2 N–H and O–H groups in total. The highest BCUT2D eigenvalue weighted by molar-refractivity contribution is 8.01. The van der Waals surface area contributed by atoms with Crippen LogP contribution >= 0.6 is 11.8 Å². The fourth-order valence-electron chi connectivity index (χ4n) is 2.56. The van der Waals surface area contributed by atoms with Gasteiger partial charge in [0.25, 0.3) is 0 Å². The maximum absolute atomic E-state index is 12.8. The van der Waals surface area contributed by atoms with Crippen molar-refractivity contribution in [3.63, 3.8) is 0 Å². The first-order valence-corrected chi connectivity index (χ1v) is 9.59. The minimum absolute atomic E-state index is 0.0136. The van der Waals surface area contributed by atoms with Gasteiger partial charge in [-0.15, -0.1) is 0 Å². The Balaban J connectivity index is 1.54. The molecule has 1 heterocycles. The van der Waals surface area contributed by atoms with Crippen molar-refractivity contribution in [2.45, 2.75) is 23.3 Å². The smallest absolute Gasteiger partial charge is 0.326 e. The zero-order valence-electron chi connectivity index (χ0n) is 15.2. The summed E-state index contributed by atoms with van der Waals surface area (Å²) in [6, 6.07) is 4.23. The lowest BCUT2D eigenvalue weighted by Gasteiger charge is -2.11. The SMILES string of the molecule is O=C(C[C@@H]1SC(N=N/C=C2\C=CC=CC2=O)NC1=O)Nc1cccc(C(F)(F)F)c1. The van der Waals surface area contributed by atoms with Crippen LogP contribution in [0.15, 0.2) is 70.6 Å². The highest BCUT2D eigenvalue weighted by atomic mass is 32.2. The normalized spacial score (nSPS) is 22.7. The molecule has 30 heavy (non-hydrogen) atoms. The van der Waals surface area contributed by atoms with Gasteiger partial charge in [0, 0.05) is 17.7 Å². The van der Waals surface area contributed by atoms with Gasteiger partial charge in [-0.25, -0.2) is 0 Å². The third-order valence-electron chi connectivity index (χ3n) is 3.98. The number of anilines is 1. The van der Waals surface area contributed by atoms with Gasteiger partial charge in [0.2, 0.25) is 11.8 Å². The third-order valence-corrected chi connectivity index (χ3v) is 5.16. The van der Waals surface area contributed by atoms with E-state index < -0.39 is 34.3 Å². The molecular formula is C19H15F3N4O3S. The second-order valence-corrected chi connectivity index (χ2v) is 7.50. The fraction of sp³-hybridized carbons (Fsp3) is 0.211. The molecule has 1 saturated heterocycles. The summed E-state index contributed by atoms with van der Waals surface area (Å²) in [5.74, 6) is -1.26. The number of halogens is 3. The van der Waals surface area contributed by atoms with Crippen LogP contribution in [0.25, 0.3) is 0 Å². The molecule has 0 bridgehead atoms. The Hall–Kier alpha value is -3.21. The Morgan fingerprint density at radius 1 is 1.23 bits per heavy atom. The van der Waals surface area contributed by atoms with Crippen LogP contribution in [0.4, 0.5) is 18.9 Å². The van der Waals surface area contributed by atoms with Crippen molar-refractivity contribution in [1.82, 2.24) is 5.32 Å². The Morgan fingerprint density at radius 2 is 2.00 bits per heavy atom. The molecule has 11 heteroatoms. The second-order valence-electron chi connectivity index (χ2n) is 6.21. The second kappa shape index (κ2) is 9.08. The number of carbonyl (C=O) groups is 3. The van der Waals surface area contributed by atoms with Gasteiger partial charge in [-0.1, -0.05) is 30.0 Å². The van der Waals surface area contributed by atoms with Gasteiger partial charge in [0.05, 0.1) is 17.0 Å². The van der Waals surface area contributed by atoms with Crippen molar-refractivity contribution < 1.29 is 27.6 Å². The van der Waals surface area contributed by atoms with Crippen LogP contribution in [0.2, 0.25) is 0 Å². The van der Waals surface area contributed by atoms with E-state index in [1.807, 2.05) is 0 Å². The summed E-state index contributed by atoms with van der Waals surface area (Å²) in [5.41, 5.74) is -1.29. The van der Waals surface area contributed by atoms with E-state index in [0.717, 1.165) is 23.9 Å². The first kappa shape index (κ1) is 21.5. The summed E-state index contributed by atoms with van der Waals surface area (Å²) in [5, 5.41) is 11.8. The van der Waals surface area contributed by atoms with Crippen molar-refractivity contribution >= 4 is 35.0 Å². The average Bonchev–Trinajstić information content (AvgIpc) is 3.02. The van der Waals surface area contributed by atoms with Crippen LogP contribution < -0.4 is 10.6 Å². The Bertz CT molecular complexity index is 985. The summed E-state index contributed by atoms with van der Waals surface area (Å²) >= 11 is 1.04. The van der Waals surface area contributed by atoms with Crippen LogP contribution in [-0.4, -0.2) is 28.3 Å². The summed E-state index contributed by atoms with van der Waals surface area (Å²) in [6.45, 7) is 0. The van der Waals surface area contributed by atoms with E-state index in [2.05, 4.69) is 20.9 Å². The molecule has 2 atom stereocenters. The minimum Gasteiger partial charge on any atom is -0.326 e. The van der Waals surface area contributed by atoms with Crippen molar-refractivity contribution in [3.05, 3.63) is 65.9 Å². The molecule has 1 aliphatic carbocycles. The first-order valence-electron chi connectivity index (χ1n) is 8.64. The molecule has 1 aliphatic heterocycles. The number of nitrogens with zero attached hydrogens (tertiary/aromatic N) is 2. The molecule has 1 unspecified atom stereocenters. The van der Waals surface area contributed by atoms with Gasteiger partial charge in [0.15, 0.2) is 11.3 Å². The van der Waals surface area contributed by atoms with Crippen LogP contribution in [-0.2, 0) is 20.6 Å². The molecule has 1 aromatic rings. The molecule has 1 fully saturated rings. The Labute approximate surface area is 173 Å². The predicted molar refractivity (Wildman–Crippen MR) is 104 cm³/mol. The van der Waals surface area contributed by atoms with E-state index in [9.17, 15) is 27.6 Å². The molecule has 0 aromatic heterocycles. The number of nitrogens with one attached hydrogen (secondary N) is 2. The minimum atomic E-state index is -4.52. The van der Waals surface area contributed by atoms with E-state index in [1.54, 1.807) is 18.2 Å². The number of hydrogen-bond acceptors (Lipinski definition) is 6. The lowest BCUT2D eigenvalue weighted by atomic mass is 10.1. The van der Waals surface area contributed by atoms with Gasteiger partial charge in [-0.2, -0.15) is 23.4 Å². The molecule has 3 rings (SSSR count). The highest BCUT2D eigenvalue weighted by Crippen LogP contribution is 2.31. The van der Waals surface area contributed by atoms with Gasteiger partial charge in [-0.05, 0) is 30.4 Å². The highest BCUT2D eigenvalue weighted by Gasteiger charge is 2.34. The third kappa shape index (κ3) is 5.66. The largest absolute Gasteiger partial charge is 0.416 e. The molecule has 7 nitrogen and oxygen atoms in total. The van der Waals surface area contributed by atoms with Crippen LogP contribution in [0.1, 0.15) is 12.0 Å². The van der Waals surface area contributed by atoms with Crippen LogP contribution in [0.3, 0.4) is 0 Å². The Morgan fingerprint density at radius 3 is 2.73 bits per heavy atom. The average molecular weight is 436 g/mol. The van der Waals surface area contributed by atoms with E-state index in [0.29, 0.717) is 5.57 Å². The monoisotopic (exact) mass is 436 g/mol. The van der Waals surface area contributed by atoms with Gasteiger partial charge >= 0.3 is 6.18 Å². The Kier molecular flexibility index (Phi) is 6.50. The summed E-state index contributed by atoms with van der Waals surface area (Å²) < 4.78 is 38.3. The molecule has 156 valence electrons. The molecule has 1 aromatic carbocycles. The van der Waals surface area contributed by atoms with Crippen molar-refractivity contribution in [1.29, 1.82) is 0 Å². The molecule has 0 saturated carbocycles. The number of benzene rings is 1. The van der Waals surface area contributed by atoms with E-state index in [-0.39, 0.29) is 17.9 Å². The lowest BCUT2D eigenvalue weighted by molar-refractivity contribution is -0.137. The molecule has 0 radical (unpaired) electrons. The molecule has 0 spiro atoms. The van der Waals surface area contributed by atoms with Crippen molar-refractivity contribution in [3.8, 4) is 0 Å². The zero-order valence-corrected chi connectivity index (χ0v) is 16.0. The number of amides is 2. The van der Waals surface area contributed by atoms with Crippen molar-refractivity contribution in [2.24, 2.45) is 10.2 Å². The number of thioether (sulfide) groups is 1. The standard InChI is InChI=1S/C19H15F3N4O3S/c20-19(21,22)12-5-3-6-13(8-12)24-16(28)9-15-17(29)25-18(30-15)26-23-10-11-4-1-2-7-14(11)27/h1-8,10,15,18H,9H2,(H,24,28)(H,25,29)/b11-10+,26-23?/t15-,18?/m0/s1. The van der Waals surface area contributed by atoms with Crippen molar-refractivity contribution in [2.75, 3.05) is 5.32 Å². The number of allylic oxidation sites excluding steroid dienone is 5. The zero-order chi connectivity index (χ0) is 21.7. The maximum Gasteiger partial charge on any atom is 0.416 e. The van der Waals surface area contributed by atoms with Crippen LogP contribution in [0.5, 0.6) is 0 Å². The van der Waals surface area contributed by atoms with E-state index >= 15 is 0 Å². The first-order chi connectivity index (χ1) is 14.2. The number of ketones is 1. The number of carbonyl (C=O) groups excluding carboxylic acids is 3. The number of alkyl halides is 3. The topological polar surface area (TPSA) is 100.0 Å². The van der Waals surface area contributed by atoms with Gasteiger partial charge in [0.1, 0.15) is 0 Å². The summed E-state index contributed by atoms with van der Waals surface area (Å²) in [4.78, 5) is 35.7.